The van der Waals surface area contributed by atoms with Crippen LogP contribution in [0.3, 0.4) is 0 Å². The van der Waals surface area contributed by atoms with Crippen LogP contribution in [0.1, 0.15) is 30.0 Å². The number of rotatable bonds is 5. The Labute approximate surface area is 176 Å². The largest absolute Gasteiger partial charge is 0.497 e. The lowest BCUT2D eigenvalue weighted by atomic mass is 9.93. The molecule has 1 fully saturated rings. The highest BCUT2D eigenvalue weighted by Crippen LogP contribution is 2.44. The van der Waals surface area contributed by atoms with Crippen molar-refractivity contribution in [3.63, 3.8) is 0 Å². The zero-order valence-corrected chi connectivity index (χ0v) is 17.6. The Morgan fingerprint density at radius 2 is 1.62 bits per heavy atom. The lowest BCUT2D eigenvalue weighted by Crippen LogP contribution is -2.44. The molecule has 3 aromatic rings. The number of hydrogen-bond acceptors (Lipinski definition) is 3. The highest BCUT2D eigenvalue weighted by molar-refractivity contribution is 8.00. The third-order valence-electron chi connectivity index (χ3n) is 5.34. The van der Waals surface area contributed by atoms with Crippen LogP contribution in [0.25, 0.3) is 0 Å². The fraction of sp³-hybridized carbons (Fsp3) is 0.240. The third-order valence-corrected chi connectivity index (χ3v) is 6.68. The van der Waals surface area contributed by atoms with Gasteiger partial charge in [0.25, 0.3) is 0 Å². The molecular formula is C25H25NO2S. The zero-order valence-electron chi connectivity index (χ0n) is 16.7. The first-order valence-corrected chi connectivity index (χ1v) is 10.8. The third kappa shape index (κ3) is 4.33. The first-order valence-electron chi connectivity index (χ1n) is 9.90. The number of piperidine rings is 1. The van der Waals surface area contributed by atoms with Crippen LogP contribution < -0.4 is 9.64 Å². The van der Waals surface area contributed by atoms with Crippen molar-refractivity contribution in [2.75, 3.05) is 12.0 Å². The average Bonchev–Trinajstić information content (AvgIpc) is 2.77. The molecule has 0 aliphatic carbocycles. The molecule has 3 aromatic carbocycles. The van der Waals surface area contributed by atoms with Gasteiger partial charge in [-0.15, -0.1) is 11.8 Å². The Bertz CT molecular complexity index is 954. The first kappa shape index (κ1) is 19.6. The number of carbonyl (C=O) groups is 1. The van der Waals surface area contributed by atoms with Crippen LogP contribution in [0.4, 0.5) is 5.69 Å². The van der Waals surface area contributed by atoms with Gasteiger partial charge in [-0.1, -0.05) is 48.0 Å². The van der Waals surface area contributed by atoms with E-state index in [4.69, 9.17) is 4.74 Å². The monoisotopic (exact) mass is 403 g/mol. The number of ether oxygens (including phenoxy) is 1. The maximum absolute atomic E-state index is 13.1. The molecule has 0 radical (unpaired) electrons. The van der Waals surface area contributed by atoms with Crippen LogP contribution in [-0.4, -0.2) is 18.3 Å². The van der Waals surface area contributed by atoms with E-state index in [-0.39, 0.29) is 17.2 Å². The summed E-state index contributed by atoms with van der Waals surface area (Å²) in [6.45, 7) is 2.10. The highest BCUT2D eigenvalue weighted by Gasteiger charge is 2.38. The normalized spacial score (nSPS) is 19.2. The number of methoxy groups -OCH3 is 1. The summed E-state index contributed by atoms with van der Waals surface area (Å²) >= 11 is 1.87. The summed E-state index contributed by atoms with van der Waals surface area (Å²) in [5.74, 6) is 0.963. The first-order chi connectivity index (χ1) is 14.2. The van der Waals surface area contributed by atoms with Crippen LogP contribution in [0.2, 0.25) is 0 Å². The molecule has 0 N–H and O–H groups in total. The van der Waals surface area contributed by atoms with Crippen LogP contribution in [0.5, 0.6) is 5.75 Å². The lowest BCUT2D eigenvalue weighted by Gasteiger charge is -2.41. The second-order valence-electron chi connectivity index (χ2n) is 7.33. The quantitative estimate of drug-likeness (QED) is 0.521. The van der Waals surface area contributed by atoms with Crippen LogP contribution in [0, 0.1) is 6.92 Å². The molecule has 29 heavy (non-hydrogen) atoms. The summed E-state index contributed by atoms with van der Waals surface area (Å²) in [4.78, 5) is 16.3. The van der Waals surface area contributed by atoms with Gasteiger partial charge in [0.2, 0.25) is 5.91 Å². The van der Waals surface area contributed by atoms with Crippen LogP contribution in [0.15, 0.2) is 83.8 Å². The lowest BCUT2D eigenvalue weighted by molar-refractivity contribution is -0.120. The number of amides is 1. The van der Waals surface area contributed by atoms with Crippen LogP contribution >= 0.6 is 11.8 Å². The van der Waals surface area contributed by atoms with Crippen molar-refractivity contribution < 1.29 is 9.53 Å². The molecule has 0 saturated carbocycles. The fourth-order valence-electron chi connectivity index (χ4n) is 3.84. The maximum Gasteiger partial charge on any atom is 0.227 e. The van der Waals surface area contributed by atoms with E-state index in [1.54, 1.807) is 7.11 Å². The number of anilines is 1. The van der Waals surface area contributed by atoms with Crippen molar-refractivity contribution in [1.29, 1.82) is 0 Å². The number of aryl methyl sites for hydroxylation is 1. The van der Waals surface area contributed by atoms with Crippen molar-refractivity contribution in [2.24, 2.45) is 0 Å². The summed E-state index contributed by atoms with van der Waals surface area (Å²) in [5.41, 5.74) is 3.34. The second kappa shape index (κ2) is 8.75. The number of benzene rings is 3. The Balaban J connectivity index is 1.72. The maximum atomic E-state index is 13.1. The van der Waals surface area contributed by atoms with Crippen molar-refractivity contribution in [3.8, 4) is 5.75 Å². The summed E-state index contributed by atoms with van der Waals surface area (Å²) in [6.07, 6.45) is 1.42. The molecular weight excluding hydrogens is 378 g/mol. The van der Waals surface area contributed by atoms with Crippen LogP contribution in [-0.2, 0) is 4.79 Å². The molecule has 0 spiro atoms. The Kier molecular flexibility index (Phi) is 5.91. The SMILES string of the molecule is COc1ccc(N2C(=O)CC[C@@H](Sc3ccc(C)cc3)[C@H]2c2ccccc2)cc1. The van der Waals surface area contributed by atoms with Gasteiger partial charge in [-0.3, -0.25) is 4.79 Å². The van der Waals surface area contributed by atoms with Crippen molar-refractivity contribution >= 4 is 23.4 Å². The second-order valence-corrected chi connectivity index (χ2v) is 8.64. The highest BCUT2D eigenvalue weighted by atomic mass is 32.2. The molecule has 1 amide bonds. The Morgan fingerprint density at radius 1 is 0.931 bits per heavy atom. The number of carbonyl (C=O) groups excluding carboxylic acids is 1. The molecule has 2 atom stereocenters. The van der Waals surface area contributed by atoms with E-state index in [0.29, 0.717) is 6.42 Å². The molecule has 0 bridgehead atoms. The number of nitrogens with zero attached hydrogens (tertiary/aromatic N) is 1. The molecule has 0 unspecified atom stereocenters. The molecule has 0 aromatic heterocycles. The number of hydrogen-bond donors (Lipinski definition) is 0. The van der Waals surface area contributed by atoms with Crippen molar-refractivity contribution in [1.82, 2.24) is 0 Å². The van der Waals surface area contributed by atoms with E-state index >= 15 is 0 Å². The standard InChI is InChI=1S/C25H25NO2S/c1-18-8-14-22(15-9-18)29-23-16-17-24(27)26(20-10-12-21(28-2)13-11-20)25(23)19-6-4-3-5-7-19/h3-15,23,25H,16-17H2,1-2H3/t23-,25-/m1/s1. The smallest absolute Gasteiger partial charge is 0.227 e. The molecule has 3 nitrogen and oxygen atoms in total. The summed E-state index contributed by atoms with van der Waals surface area (Å²) < 4.78 is 5.30. The van der Waals surface area contributed by atoms with Gasteiger partial charge in [0.05, 0.1) is 13.2 Å². The molecule has 1 aliphatic heterocycles. The van der Waals surface area contributed by atoms with Gasteiger partial charge in [0.1, 0.15) is 5.75 Å². The Hall–Kier alpha value is -2.72. The van der Waals surface area contributed by atoms with E-state index < -0.39 is 0 Å². The molecule has 1 heterocycles. The van der Waals surface area contributed by atoms with Gasteiger partial charge >= 0.3 is 0 Å². The minimum atomic E-state index is -0.0165. The van der Waals surface area contributed by atoms with Gasteiger partial charge in [-0.05, 0) is 55.3 Å². The minimum Gasteiger partial charge on any atom is -0.497 e. The van der Waals surface area contributed by atoms with E-state index in [2.05, 4.69) is 43.3 Å². The predicted octanol–water partition coefficient (Wildman–Crippen LogP) is 6.03. The van der Waals surface area contributed by atoms with Gasteiger partial charge in [0.15, 0.2) is 0 Å². The van der Waals surface area contributed by atoms with Gasteiger partial charge < -0.3 is 9.64 Å². The summed E-state index contributed by atoms with van der Waals surface area (Å²) in [5, 5.41) is 0.278. The van der Waals surface area contributed by atoms with Gasteiger partial charge in [0, 0.05) is 22.3 Å². The zero-order chi connectivity index (χ0) is 20.2. The van der Waals surface area contributed by atoms with Crippen molar-refractivity contribution in [3.05, 3.63) is 90.0 Å². The number of thioether (sulfide) groups is 1. The van der Waals surface area contributed by atoms with E-state index in [9.17, 15) is 4.79 Å². The van der Waals surface area contributed by atoms with Crippen molar-refractivity contribution in [2.45, 2.75) is 36.0 Å². The van der Waals surface area contributed by atoms with E-state index in [1.165, 1.54) is 16.0 Å². The van der Waals surface area contributed by atoms with E-state index in [1.807, 2.05) is 59.1 Å². The van der Waals surface area contributed by atoms with Gasteiger partial charge in [-0.2, -0.15) is 0 Å². The Morgan fingerprint density at radius 3 is 2.28 bits per heavy atom. The topological polar surface area (TPSA) is 29.5 Å². The van der Waals surface area contributed by atoms with Gasteiger partial charge in [-0.25, -0.2) is 0 Å². The minimum absolute atomic E-state index is 0.0165. The molecule has 4 heteroatoms. The predicted molar refractivity (Wildman–Crippen MR) is 120 cm³/mol. The molecule has 1 aliphatic rings. The molecule has 4 rings (SSSR count). The molecule has 1 saturated heterocycles. The van der Waals surface area contributed by atoms with E-state index in [0.717, 1.165) is 17.9 Å². The summed E-state index contributed by atoms with van der Waals surface area (Å²) in [6, 6.07) is 26.8. The average molecular weight is 404 g/mol. The fourth-order valence-corrected chi connectivity index (χ4v) is 5.13. The summed E-state index contributed by atoms with van der Waals surface area (Å²) in [7, 11) is 1.65. The molecule has 148 valence electrons.